The molecule has 0 aliphatic rings. The van der Waals surface area contributed by atoms with Crippen LogP contribution < -0.4 is 21.9 Å². The molecule has 31 heavy (non-hydrogen) atoms. The van der Waals surface area contributed by atoms with Crippen LogP contribution in [0.1, 0.15) is 48.8 Å². The lowest BCUT2D eigenvalue weighted by Gasteiger charge is -2.18. The molecule has 8 heteroatoms. The minimum Gasteiger partial charge on any atom is -0.353 e. The van der Waals surface area contributed by atoms with Crippen LogP contribution in [0.3, 0.4) is 0 Å². The first-order chi connectivity index (χ1) is 14.9. The number of aryl methyl sites for hydroxylation is 1. The molecule has 0 fully saturated rings. The van der Waals surface area contributed by atoms with Gasteiger partial charge in [0.15, 0.2) is 0 Å². The number of benzene rings is 1. The Balaban J connectivity index is 2.28. The van der Waals surface area contributed by atoms with E-state index in [4.69, 9.17) is 5.84 Å². The summed E-state index contributed by atoms with van der Waals surface area (Å²) in [6.45, 7) is 9.94. The molecule has 0 aliphatic carbocycles. The number of carbonyl (C=O) groups is 1. The van der Waals surface area contributed by atoms with Gasteiger partial charge in [0.25, 0.3) is 5.91 Å². The predicted octanol–water partition coefficient (Wildman–Crippen LogP) is 3.28. The standard InChI is InChI=1S/C23H29FN6O/c1-5-16(4)27-23(29-22(31)18-11-12-26-20(6-2)14-18)28-21(30-25)13-15(3)17-7-9-19(24)10-8-17/h7-14,16,30H,3,5-6,25H2,1-2,4H3,(H2,27,28,29,31)/b21-13-. The average Bonchev–Trinajstić information content (AvgIpc) is 2.78. The van der Waals surface area contributed by atoms with Crippen molar-refractivity contribution in [3.05, 3.63) is 83.7 Å². The number of hydrogen-bond acceptors (Lipinski definition) is 4. The van der Waals surface area contributed by atoms with Gasteiger partial charge in [-0.3, -0.25) is 9.78 Å². The van der Waals surface area contributed by atoms with Gasteiger partial charge in [-0.05, 0) is 61.2 Å². The number of aromatic nitrogens is 1. The lowest BCUT2D eigenvalue weighted by Crippen LogP contribution is -2.45. The molecule has 1 aromatic carbocycles. The van der Waals surface area contributed by atoms with Crippen LogP contribution in [-0.4, -0.2) is 22.9 Å². The maximum atomic E-state index is 13.2. The monoisotopic (exact) mass is 424 g/mol. The van der Waals surface area contributed by atoms with Crippen molar-refractivity contribution in [3.63, 3.8) is 0 Å². The first-order valence-electron chi connectivity index (χ1n) is 10.1. The molecule has 5 N–H and O–H groups in total. The quantitative estimate of drug-likeness (QED) is 0.170. The minimum absolute atomic E-state index is 0.0574. The highest BCUT2D eigenvalue weighted by Gasteiger charge is 2.11. The van der Waals surface area contributed by atoms with Gasteiger partial charge in [0.2, 0.25) is 5.96 Å². The number of guanidine groups is 1. The number of pyridine rings is 1. The van der Waals surface area contributed by atoms with Gasteiger partial charge in [0.1, 0.15) is 11.6 Å². The van der Waals surface area contributed by atoms with Gasteiger partial charge in [-0.1, -0.05) is 32.6 Å². The molecule has 2 aromatic rings. The summed E-state index contributed by atoms with van der Waals surface area (Å²) in [5.41, 5.74) is 5.11. The van der Waals surface area contributed by atoms with Gasteiger partial charge >= 0.3 is 0 Å². The summed E-state index contributed by atoms with van der Waals surface area (Å²) in [6.07, 6.45) is 4.78. The summed E-state index contributed by atoms with van der Waals surface area (Å²) in [5, 5.41) is 6.17. The molecule has 1 aromatic heterocycles. The number of nitrogens with one attached hydrogen (secondary N) is 3. The van der Waals surface area contributed by atoms with E-state index in [2.05, 4.69) is 32.6 Å². The third kappa shape index (κ3) is 7.35. The minimum atomic E-state index is -0.413. The smallest absolute Gasteiger partial charge is 0.280 e. The molecule has 0 saturated heterocycles. The summed E-state index contributed by atoms with van der Waals surface area (Å²) in [5.74, 6) is 5.52. The summed E-state index contributed by atoms with van der Waals surface area (Å²) in [7, 11) is 0. The molecule has 0 spiro atoms. The molecule has 0 saturated carbocycles. The second kappa shape index (κ2) is 11.6. The highest BCUT2D eigenvalue weighted by molar-refractivity contribution is 6.03. The first kappa shape index (κ1) is 23.8. The van der Waals surface area contributed by atoms with Crippen LogP contribution in [0.2, 0.25) is 0 Å². The average molecular weight is 425 g/mol. The van der Waals surface area contributed by atoms with Crippen LogP contribution in [0.4, 0.5) is 4.39 Å². The van der Waals surface area contributed by atoms with Crippen molar-refractivity contribution in [2.75, 3.05) is 0 Å². The molecule has 164 valence electrons. The Morgan fingerprint density at radius 3 is 2.58 bits per heavy atom. The van der Waals surface area contributed by atoms with Crippen molar-refractivity contribution in [1.82, 2.24) is 21.0 Å². The van der Waals surface area contributed by atoms with Gasteiger partial charge in [-0.15, -0.1) is 0 Å². The van der Waals surface area contributed by atoms with Crippen LogP contribution >= 0.6 is 0 Å². The van der Waals surface area contributed by atoms with E-state index in [1.807, 2.05) is 20.8 Å². The van der Waals surface area contributed by atoms with Crippen molar-refractivity contribution in [2.45, 2.75) is 39.7 Å². The number of carbonyl (C=O) groups excluding carboxylic acids is 1. The van der Waals surface area contributed by atoms with E-state index < -0.39 is 5.91 Å². The maximum absolute atomic E-state index is 13.2. The summed E-state index contributed by atoms with van der Waals surface area (Å²) in [6, 6.07) is 9.35. The lowest BCUT2D eigenvalue weighted by atomic mass is 10.1. The highest BCUT2D eigenvalue weighted by atomic mass is 19.1. The summed E-state index contributed by atoms with van der Waals surface area (Å²) in [4.78, 5) is 21.1. The Morgan fingerprint density at radius 1 is 1.26 bits per heavy atom. The number of hydrogen-bond donors (Lipinski definition) is 4. The van der Waals surface area contributed by atoms with Crippen LogP contribution in [0.5, 0.6) is 0 Å². The van der Waals surface area contributed by atoms with E-state index in [9.17, 15) is 9.18 Å². The van der Waals surface area contributed by atoms with E-state index in [0.717, 1.165) is 24.1 Å². The number of hydrazine groups is 1. The normalized spacial score (nSPS) is 12.8. The van der Waals surface area contributed by atoms with Gasteiger partial charge < -0.3 is 16.1 Å². The largest absolute Gasteiger partial charge is 0.353 e. The van der Waals surface area contributed by atoms with E-state index >= 15 is 0 Å². The third-order valence-corrected chi connectivity index (χ3v) is 4.58. The fraction of sp³-hybridized carbons (Fsp3) is 0.261. The van der Waals surface area contributed by atoms with Gasteiger partial charge in [0.05, 0.1) is 0 Å². The Morgan fingerprint density at radius 2 is 1.97 bits per heavy atom. The van der Waals surface area contributed by atoms with Gasteiger partial charge in [0, 0.05) is 23.5 Å². The van der Waals surface area contributed by atoms with Crippen LogP contribution in [0.15, 0.2) is 66.1 Å². The third-order valence-electron chi connectivity index (χ3n) is 4.58. The zero-order valence-electron chi connectivity index (χ0n) is 18.1. The molecular weight excluding hydrogens is 395 g/mol. The molecule has 1 unspecified atom stereocenters. The zero-order valence-corrected chi connectivity index (χ0v) is 18.1. The van der Waals surface area contributed by atoms with E-state index in [1.165, 1.54) is 12.1 Å². The molecule has 1 amide bonds. The number of halogens is 1. The molecule has 7 nitrogen and oxygen atoms in total. The first-order valence-corrected chi connectivity index (χ1v) is 10.1. The fourth-order valence-corrected chi connectivity index (χ4v) is 2.57. The van der Waals surface area contributed by atoms with Gasteiger partial charge in [-0.25, -0.2) is 10.2 Å². The Kier molecular flexibility index (Phi) is 8.90. The number of rotatable bonds is 8. The van der Waals surface area contributed by atoms with E-state index in [0.29, 0.717) is 17.0 Å². The van der Waals surface area contributed by atoms with Crippen molar-refractivity contribution in [1.29, 1.82) is 0 Å². The van der Waals surface area contributed by atoms with E-state index in [-0.39, 0.29) is 17.8 Å². The summed E-state index contributed by atoms with van der Waals surface area (Å²) < 4.78 is 13.2. The molecule has 2 rings (SSSR count). The predicted molar refractivity (Wildman–Crippen MR) is 122 cm³/mol. The lowest BCUT2D eigenvalue weighted by molar-refractivity contribution is 0.100. The Bertz CT molecular complexity index is 968. The maximum Gasteiger partial charge on any atom is 0.280 e. The second-order valence-corrected chi connectivity index (χ2v) is 6.97. The Labute approximate surface area is 182 Å². The SMILES string of the molecule is C=C(/C=C(\NN)N/C(=N\C(=O)c1ccnc(CC)c1)NC(C)CC)c1ccc(F)cc1. The van der Waals surface area contributed by atoms with Crippen molar-refractivity contribution in [2.24, 2.45) is 10.8 Å². The molecule has 0 bridgehead atoms. The molecule has 0 aliphatic heterocycles. The molecule has 1 atom stereocenters. The number of nitrogens with two attached hydrogens (primary N) is 1. The Hall–Kier alpha value is -3.52. The zero-order chi connectivity index (χ0) is 22.8. The van der Waals surface area contributed by atoms with Crippen molar-refractivity contribution < 1.29 is 9.18 Å². The molecule has 0 radical (unpaired) electrons. The number of nitrogens with zero attached hydrogens (tertiary/aromatic N) is 2. The van der Waals surface area contributed by atoms with Crippen molar-refractivity contribution >= 4 is 17.4 Å². The second-order valence-electron chi connectivity index (χ2n) is 6.97. The van der Waals surface area contributed by atoms with Crippen LogP contribution in [0.25, 0.3) is 5.57 Å². The van der Waals surface area contributed by atoms with Crippen LogP contribution in [0, 0.1) is 5.82 Å². The molecule has 1 heterocycles. The fourth-order valence-electron chi connectivity index (χ4n) is 2.57. The number of allylic oxidation sites excluding steroid dienone is 2. The highest BCUT2D eigenvalue weighted by Crippen LogP contribution is 2.15. The summed E-state index contributed by atoms with van der Waals surface area (Å²) >= 11 is 0. The topological polar surface area (TPSA) is 104 Å². The van der Waals surface area contributed by atoms with E-state index in [1.54, 1.807) is 36.5 Å². The van der Waals surface area contributed by atoms with Crippen LogP contribution in [-0.2, 0) is 6.42 Å². The molecular formula is C23H29FN6O. The number of aliphatic imine (C=N–C) groups is 1. The number of amides is 1. The van der Waals surface area contributed by atoms with Crippen molar-refractivity contribution in [3.8, 4) is 0 Å². The van der Waals surface area contributed by atoms with Gasteiger partial charge in [-0.2, -0.15) is 4.99 Å².